The lowest BCUT2D eigenvalue weighted by atomic mass is 10.3. The summed E-state index contributed by atoms with van der Waals surface area (Å²) in [6, 6.07) is 3.44. The van der Waals surface area contributed by atoms with Gasteiger partial charge in [0.15, 0.2) is 5.13 Å². The number of aromatic nitrogens is 1. The average molecular weight is 285 g/mol. The quantitative estimate of drug-likeness (QED) is 0.926. The van der Waals surface area contributed by atoms with Gasteiger partial charge in [-0.25, -0.2) is 4.98 Å². The van der Waals surface area contributed by atoms with Gasteiger partial charge in [0.25, 0.3) is 5.91 Å². The van der Waals surface area contributed by atoms with E-state index in [1.54, 1.807) is 12.1 Å². The molecule has 0 unspecified atom stereocenters. The molecule has 1 amide bonds. The molecule has 0 atom stereocenters. The van der Waals surface area contributed by atoms with E-state index in [0.717, 1.165) is 5.69 Å². The molecular weight excluding hydrogens is 276 g/mol. The smallest absolute Gasteiger partial charge is 0.267 e. The number of amides is 1. The predicted octanol–water partition coefficient (Wildman–Crippen LogP) is 3.99. The lowest BCUT2D eigenvalue weighted by molar-refractivity contribution is 0.103. The highest BCUT2D eigenvalue weighted by atomic mass is 35.5. The maximum Gasteiger partial charge on any atom is 0.267 e. The standard InChI is InChI=1S/C11H9ClN2OS2/c12-9-4-3-8(17-9)10(15)14-11-13-7(5-16-11)6-1-2-6/h3-6H,1-2H2,(H,13,14,15). The molecule has 17 heavy (non-hydrogen) atoms. The van der Waals surface area contributed by atoms with Crippen molar-refractivity contribution in [1.82, 2.24) is 4.98 Å². The molecule has 88 valence electrons. The van der Waals surface area contributed by atoms with E-state index in [9.17, 15) is 4.79 Å². The molecule has 3 nitrogen and oxygen atoms in total. The highest BCUT2D eigenvalue weighted by Gasteiger charge is 2.26. The lowest BCUT2D eigenvalue weighted by Crippen LogP contribution is -2.09. The van der Waals surface area contributed by atoms with Gasteiger partial charge in [0.2, 0.25) is 0 Å². The number of hydrogen-bond donors (Lipinski definition) is 1. The van der Waals surface area contributed by atoms with Crippen molar-refractivity contribution in [2.24, 2.45) is 0 Å². The van der Waals surface area contributed by atoms with Gasteiger partial charge in [0, 0.05) is 11.3 Å². The first kappa shape index (κ1) is 11.2. The number of anilines is 1. The maximum atomic E-state index is 11.8. The molecule has 0 aromatic carbocycles. The van der Waals surface area contributed by atoms with Crippen LogP contribution in [0.5, 0.6) is 0 Å². The molecule has 2 aromatic rings. The van der Waals surface area contributed by atoms with E-state index in [1.807, 2.05) is 5.38 Å². The highest BCUT2D eigenvalue weighted by molar-refractivity contribution is 7.18. The van der Waals surface area contributed by atoms with Crippen LogP contribution < -0.4 is 5.32 Å². The minimum Gasteiger partial charge on any atom is -0.297 e. The Morgan fingerprint density at radius 3 is 2.94 bits per heavy atom. The molecule has 3 rings (SSSR count). The van der Waals surface area contributed by atoms with Gasteiger partial charge in [-0.2, -0.15) is 0 Å². The van der Waals surface area contributed by atoms with Crippen LogP contribution in [-0.4, -0.2) is 10.9 Å². The van der Waals surface area contributed by atoms with Gasteiger partial charge in [-0.1, -0.05) is 11.6 Å². The Kier molecular flexibility index (Phi) is 2.90. The second-order valence-electron chi connectivity index (χ2n) is 3.91. The molecule has 1 N–H and O–H groups in total. The van der Waals surface area contributed by atoms with E-state index in [1.165, 1.54) is 35.5 Å². The summed E-state index contributed by atoms with van der Waals surface area (Å²) in [7, 11) is 0. The molecule has 1 saturated carbocycles. The van der Waals surface area contributed by atoms with E-state index < -0.39 is 0 Å². The topological polar surface area (TPSA) is 42.0 Å². The number of thiophene rings is 1. The van der Waals surface area contributed by atoms with Crippen molar-refractivity contribution < 1.29 is 4.79 Å². The molecule has 0 radical (unpaired) electrons. The second kappa shape index (κ2) is 4.40. The molecule has 2 aromatic heterocycles. The Morgan fingerprint density at radius 2 is 2.29 bits per heavy atom. The average Bonchev–Trinajstić information content (AvgIpc) is 2.90. The summed E-state index contributed by atoms with van der Waals surface area (Å²) < 4.78 is 0.618. The maximum absolute atomic E-state index is 11.8. The first-order valence-corrected chi connectivity index (χ1v) is 7.32. The van der Waals surface area contributed by atoms with Gasteiger partial charge in [-0.15, -0.1) is 22.7 Å². The van der Waals surface area contributed by atoms with Crippen LogP contribution in [0.15, 0.2) is 17.5 Å². The molecule has 2 heterocycles. The van der Waals surface area contributed by atoms with E-state index >= 15 is 0 Å². The number of hydrogen-bond acceptors (Lipinski definition) is 4. The van der Waals surface area contributed by atoms with Gasteiger partial charge in [0.1, 0.15) is 0 Å². The highest BCUT2D eigenvalue weighted by Crippen LogP contribution is 2.40. The fourth-order valence-electron chi connectivity index (χ4n) is 1.51. The van der Waals surface area contributed by atoms with Gasteiger partial charge in [-0.3, -0.25) is 10.1 Å². The van der Waals surface area contributed by atoms with Gasteiger partial charge >= 0.3 is 0 Å². The minimum atomic E-state index is -0.140. The minimum absolute atomic E-state index is 0.140. The molecule has 0 bridgehead atoms. The number of thiazole rings is 1. The van der Waals surface area contributed by atoms with Crippen LogP contribution in [-0.2, 0) is 0 Å². The van der Waals surface area contributed by atoms with Crippen LogP contribution >= 0.6 is 34.3 Å². The Hall–Kier alpha value is -0.910. The van der Waals surface area contributed by atoms with E-state index in [-0.39, 0.29) is 5.91 Å². The molecule has 1 fully saturated rings. The molecule has 0 aliphatic heterocycles. The molecule has 0 saturated heterocycles. The summed E-state index contributed by atoms with van der Waals surface area (Å²) in [5.41, 5.74) is 1.11. The van der Waals surface area contributed by atoms with Gasteiger partial charge in [0.05, 0.1) is 14.9 Å². The lowest BCUT2D eigenvalue weighted by Gasteiger charge is -1.97. The number of carbonyl (C=O) groups excluding carboxylic acids is 1. The van der Waals surface area contributed by atoms with Crippen LogP contribution in [0.2, 0.25) is 4.34 Å². The normalized spacial score (nSPS) is 14.9. The Bertz CT molecular complexity index is 559. The third-order valence-electron chi connectivity index (χ3n) is 2.54. The second-order valence-corrected chi connectivity index (χ2v) is 6.48. The molecular formula is C11H9ClN2OS2. The van der Waals surface area contributed by atoms with Gasteiger partial charge in [-0.05, 0) is 25.0 Å². The number of rotatable bonds is 3. The van der Waals surface area contributed by atoms with E-state index in [2.05, 4.69) is 10.3 Å². The van der Waals surface area contributed by atoms with E-state index in [0.29, 0.717) is 20.3 Å². The third-order valence-corrected chi connectivity index (χ3v) is 4.54. The van der Waals surface area contributed by atoms with Crippen molar-refractivity contribution >= 4 is 45.3 Å². The predicted molar refractivity (Wildman–Crippen MR) is 71.4 cm³/mol. The summed E-state index contributed by atoms with van der Waals surface area (Å²) in [5, 5.41) is 5.49. The Balaban J connectivity index is 1.71. The molecule has 1 aliphatic rings. The zero-order valence-corrected chi connectivity index (χ0v) is 11.2. The van der Waals surface area contributed by atoms with E-state index in [4.69, 9.17) is 11.6 Å². The van der Waals surface area contributed by atoms with Crippen molar-refractivity contribution in [3.8, 4) is 0 Å². The number of halogens is 1. The number of carbonyl (C=O) groups is 1. The Morgan fingerprint density at radius 1 is 1.47 bits per heavy atom. The van der Waals surface area contributed by atoms with Gasteiger partial charge < -0.3 is 0 Å². The fourth-order valence-corrected chi connectivity index (χ4v) is 3.23. The summed E-state index contributed by atoms with van der Waals surface area (Å²) in [5.74, 6) is 0.478. The Labute approximate surface area is 111 Å². The van der Waals surface area contributed by atoms with Crippen molar-refractivity contribution in [1.29, 1.82) is 0 Å². The summed E-state index contributed by atoms with van der Waals surface area (Å²) in [6.07, 6.45) is 2.44. The van der Waals surface area contributed by atoms with Crippen LogP contribution in [0.25, 0.3) is 0 Å². The number of nitrogens with zero attached hydrogens (tertiary/aromatic N) is 1. The monoisotopic (exact) mass is 284 g/mol. The fraction of sp³-hybridized carbons (Fsp3) is 0.273. The van der Waals surface area contributed by atoms with Crippen molar-refractivity contribution in [2.75, 3.05) is 5.32 Å². The molecule has 1 aliphatic carbocycles. The third kappa shape index (κ3) is 2.51. The SMILES string of the molecule is O=C(Nc1nc(C2CC2)cs1)c1ccc(Cl)s1. The summed E-state index contributed by atoms with van der Waals surface area (Å²) in [6.45, 7) is 0. The zero-order chi connectivity index (χ0) is 11.8. The van der Waals surface area contributed by atoms with Crippen molar-refractivity contribution in [2.45, 2.75) is 18.8 Å². The van der Waals surface area contributed by atoms with Crippen LogP contribution in [0.1, 0.15) is 34.1 Å². The van der Waals surface area contributed by atoms with Crippen molar-refractivity contribution in [3.05, 3.63) is 32.4 Å². The zero-order valence-electron chi connectivity index (χ0n) is 8.77. The van der Waals surface area contributed by atoms with Crippen LogP contribution in [0, 0.1) is 0 Å². The molecule has 0 spiro atoms. The summed E-state index contributed by atoms with van der Waals surface area (Å²) in [4.78, 5) is 16.8. The molecule has 6 heteroatoms. The van der Waals surface area contributed by atoms with Crippen molar-refractivity contribution in [3.63, 3.8) is 0 Å². The first-order valence-electron chi connectivity index (χ1n) is 5.24. The van der Waals surface area contributed by atoms with Crippen LogP contribution in [0.3, 0.4) is 0 Å². The number of nitrogens with one attached hydrogen (secondary N) is 1. The largest absolute Gasteiger partial charge is 0.297 e. The van der Waals surface area contributed by atoms with Crippen LogP contribution in [0.4, 0.5) is 5.13 Å². The first-order chi connectivity index (χ1) is 8.22. The summed E-state index contributed by atoms with van der Waals surface area (Å²) >= 11 is 8.53.